The lowest BCUT2D eigenvalue weighted by Gasteiger charge is -2.02. The number of fused-ring (bicyclic) bond motifs is 2. The summed E-state index contributed by atoms with van der Waals surface area (Å²) in [4.78, 5) is 18.6. The number of benzene rings is 2. The van der Waals surface area contributed by atoms with Crippen LogP contribution in [0.2, 0.25) is 0 Å². The van der Waals surface area contributed by atoms with Crippen molar-refractivity contribution in [3.8, 4) is 0 Å². The molecule has 8 heteroatoms. The minimum Gasteiger partial charge on any atom is -0.390 e. The highest BCUT2D eigenvalue weighted by molar-refractivity contribution is 9.11. The first kappa shape index (κ1) is 20.4. The number of aliphatic hydroxyl groups excluding tert-OH is 1. The van der Waals surface area contributed by atoms with Crippen LogP contribution in [0.5, 0.6) is 0 Å². The van der Waals surface area contributed by atoms with Gasteiger partial charge in [0.2, 0.25) is 0 Å². The number of aldehydes is 1. The predicted molar refractivity (Wildman–Crippen MR) is 110 cm³/mol. The minimum atomic E-state index is -0.340. The Kier molecular flexibility index (Phi) is 6.43. The van der Waals surface area contributed by atoms with Crippen molar-refractivity contribution < 1.29 is 18.7 Å². The Bertz CT molecular complexity index is 1190. The number of hydrogen-bond donors (Lipinski definition) is 1. The lowest BCUT2D eigenvalue weighted by molar-refractivity contribution is 0.111. The summed E-state index contributed by atoms with van der Waals surface area (Å²) >= 11 is 6.53. The Hall–Kier alpha value is -2.29. The van der Waals surface area contributed by atoms with E-state index in [-0.39, 0.29) is 18.2 Å². The van der Waals surface area contributed by atoms with E-state index in [4.69, 9.17) is 5.11 Å². The molecule has 2 heterocycles. The zero-order valence-corrected chi connectivity index (χ0v) is 17.3. The van der Waals surface area contributed by atoms with Crippen LogP contribution in [0.4, 0.5) is 8.78 Å². The Balaban J connectivity index is 0.000000161. The number of pyridine rings is 2. The van der Waals surface area contributed by atoms with Gasteiger partial charge in [-0.3, -0.25) is 4.79 Å². The molecule has 4 nitrogen and oxygen atoms in total. The highest BCUT2D eigenvalue weighted by atomic mass is 79.9. The molecule has 0 saturated heterocycles. The zero-order chi connectivity index (χ0) is 20.3. The van der Waals surface area contributed by atoms with Gasteiger partial charge in [0.1, 0.15) is 17.3 Å². The summed E-state index contributed by atoms with van der Waals surface area (Å²) in [6, 6.07) is 12.2. The number of carbonyl (C=O) groups excluding carboxylic acids is 1. The third-order valence-corrected chi connectivity index (χ3v) is 5.15. The van der Waals surface area contributed by atoms with Gasteiger partial charge in [-0.15, -0.1) is 0 Å². The zero-order valence-electron chi connectivity index (χ0n) is 14.2. The summed E-state index contributed by atoms with van der Waals surface area (Å²) in [5.74, 6) is -0.645. The van der Waals surface area contributed by atoms with Gasteiger partial charge in [0.05, 0.1) is 23.3 Å². The third-order valence-electron chi connectivity index (χ3n) is 3.87. The Morgan fingerprint density at radius 2 is 1.36 bits per heavy atom. The summed E-state index contributed by atoms with van der Waals surface area (Å²) in [5, 5.41) is 9.75. The Labute approximate surface area is 175 Å². The molecule has 4 rings (SSSR count). The number of aromatic nitrogens is 2. The first-order valence-corrected chi connectivity index (χ1v) is 9.57. The summed E-state index contributed by atoms with van der Waals surface area (Å²) in [6.07, 6.45) is 0.636. The number of aliphatic hydroxyl groups is 1. The predicted octanol–water partition coefficient (Wildman–Crippen LogP) is 5.58. The van der Waals surface area contributed by atoms with Crippen molar-refractivity contribution in [2.75, 3.05) is 0 Å². The lowest BCUT2D eigenvalue weighted by atomic mass is 10.2. The first-order valence-electron chi connectivity index (χ1n) is 7.99. The van der Waals surface area contributed by atoms with Gasteiger partial charge in [0, 0.05) is 19.7 Å². The number of halogens is 4. The van der Waals surface area contributed by atoms with Crippen molar-refractivity contribution in [3.63, 3.8) is 0 Å². The van der Waals surface area contributed by atoms with Crippen LogP contribution in [-0.4, -0.2) is 21.4 Å². The van der Waals surface area contributed by atoms with Crippen LogP contribution in [0.1, 0.15) is 16.2 Å². The number of nitrogens with zero attached hydrogens (tertiary/aromatic N) is 2. The summed E-state index contributed by atoms with van der Waals surface area (Å²) in [6.45, 7) is -0.140. The molecule has 1 N–H and O–H groups in total. The number of rotatable bonds is 2. The van der Waals surface area contributed by atoms with Crippen molar-refractivity contribution in [3.05, 3.63) is 80.5 Å². The van der Waals surface area contributed by atoms with Gasteiger partial charge >= 0.3 is 0 Å². The van der Waals surface area contributed by atoms with E-state index in [1.807, 2.05) is 0 Å². The normalized spacial score (nSPS) is 10.6. The maximum atomic E-state index is 13.3. The monoisotopic (exact) mass is 508 g/mol. The van der Waals surface area contributed by atoms with Crippen LogP contribution in [0.25, 0.3) is 21.8 Å². The molecule has 28 heavy (non-hydrogen) atoms. The van der Waals surface area contributed by atoms with Gasteiger partial charge in [-0.1, -0.05) is 0 Å². The molecule has 142 valence electrons. The second kappa shape index (κ2) is 8.81. The quantitative estimate of drug-likeness (QED) is 0.358. The van der Waals surface area contributed by atoms with Crippen LogP contribution in [0.3, 0.4) is 0 Å². The van der Waals surface area contributed by atoms with Crippen LogP contribution >= 0.6 is 31.9 Å². The highest BCUT2D eigenvalue weighted by Gasteiger charge is 2.07. The third kappa shape index (κ3) is 4.24. The number of carbonyl (C=O) groups is 1. The second-order valence-electron chi connectivity index (χ2n) is 5.67. The molecule has 0 fully saturated rings. The smallest absolute Gasteiger partial charge is 0.168 e. The van der Waals surface area contributed by atoms with E-state index >= 15 is 0 Å². The second-order valence-corrected chi connectivity index (χ2v) is 7.37. The maximum Gasteiger partial charge on any atom is 0.168 e. The molecule has 0 bridgehead atoms. The van der Waals surface area contributed by atoms with Gasteiger partial charge in [-0.05, 0) is 80.4 Å². The molecule has 0 atom stereocenters. The van der Waals surface area contributed by atoms with E-state index < -0.39 is 0 Å². The molecular weight excluding hydrogens is 498 g/mol. The van der Waals surface area contributed by atoms with Crippen molar-refractivity contribution in [1.82, 2.24) is 9.97 Å². The molecule has 0 amide bonds. The maximum absolute atomic E-state index is 13.3. The minimum absolute atomic E-state index is 0.140. The molecule has 0 spiro atoms. The van der Waals surface area contributed by atoms with Crippen LogP contribution in [-0.2, 0) is 6.61 Å². The van der Waals surface area contributed by atoms with E-state index in [1.165, 1.54) is 18.2 Å². The summed E-state index contributed by atoms with van der Waals surface area (Å²) in [7, 11) is 0. The van der Waals surface area contributed by atoms with Crippen molar-refractivity contribution in [2.24, 2.45) is 0 Å². The molecule has 2 aromatic carbocycles. The molecule has 4 aromatic rings. The fourth-order valence-electron chi connectivity index (χ4n) is 2.51. The summed E-state index contributed by atoms with van der Waals surface area (Å²) in [5.41, 5.74) is 1.83. The van der Waals surface area contributed by atoms with E-state index in [1.54, 1.807) is 30.3 Å². The fraction of sp³-hybridized carbons (Fsp3) is 0.0500. The Morgan fingerprint density at radius 3 is 1.89 bits per heavy atom. The molecular formula is C20H12Br2F2N2O2. The van der Waals surface area contributed by atoms with Gasteiger partial charge < -0.3 is 5.11 Å². The van der Waals surface area contributed by atoms with Crippen LogP contribution in [0.15, 0.2) is 57.5 Å². The highest BCUT2D eigenvalue weighted by Crippen LogP contribution is 2.25. The molecule has 0 saturated carbocycles. The topological polar surface area (TPSA) is 63.1 Å². The standard InChI is InChI=1S/C10H7BrFNO.C10H5BrFNO/c2*11-8-3-4-9(12)7-2-1-6(5-14)13-10(7)8/h1-4,14H,5H2;1-5H. The van der Waals surface area contributed by atoms with E-state index in [0.717, 1.165) is 4.47 Å². The van der Waals surface area contributed by atoms with Crippen molar-refractivity contribution in [1.29, 1.82) is 0 Å². The Morgan fingerprint density at radius 1 is 0.821 bits per heavy atom. The SMILES string of the molecule is O=Cc1ccc2c(F)ccc(Br)c2n1.OCc1ccc2c(F)ccc(Br)c2n1. The van der Waals surface area contributed by atoms with Crippen LogP contribution < -0.4 is 0 Å². The van der Waals surface area contributed by atoms with Crippen molar-refractivity contribution in [2.45, 2.75) is 6.61 Å². The van der Waals surface area contributed by atoms with Gasteiger partial charge in [0.15, 0.2) is 6.29 Å². The average Bonchev–Trinajstić information content (AvgIpc) is 2.73. The van der Waals surface area contributed by atoms with Crippen molar-refractivity contribution >= 4 is 60.0 Å². The van der Waals surface area contributed by atoms with E-state index in [0.29, 0.717) is 44.0 Å². The fourth-order valence-corrected chi connectivity index (χ4v) is 3.38. The first-order chi connectivity index (χ1) is 13.4. The molecule has 2 aromatic heterocycles. The number of hydrogen-bond acceptors (Lipinski definition) is 4. The average molecular weight is 510 g/mol. The van der Waals surface area contributed by atoms with Gasteiger partial charge in [-0.25, -0.2) is 18.7 Å². The molecule has 0 radical (unpaired) electrons. The largest absolute Gasteiger partial charge is 0.390 e. The lowest BCUT2D eigenvalue weighted by Crippen LogP contribution is -1.91. The van der Waals surface area contributed by atoms with Gasteiger partial charge in [-0.2, -0.15) is 0 Å². The van der Waals surface area contributed by atoms with Gasteiger partial charge in [0.25, 0.3) is 0 Å². The molecule has 0 aliphatic carbocycles. The molecule has 0 unspecified atom stereocenters. The molecule has 0 aliphatic heterocycles. The molecule has 0 aliphatic rings. The van der Waals surface area contributed by atoms with E-state index in [2.05, 4.69) is 41.8 Å². The van der Waals surface area contributed by atoms with E-state index in [9.17, 15) is 13.6 Å². The van der Waals surface area contributed by atoms with Crippen LogP contribution in [0, 0.1) is 11.6 Å². The summed E-state index contributed by atoms with van der Waals surface area (Å²) < 4.78 is 27.9.